The SMILES string of the molecule is Cc1cc(Cl)c(C(=O)NCC2(C(=O)O)CC2)cc1C. The molecule has 1 amide bonds. The van der Waals surface area contributed by atoms with Crippen molar-refractivity contribution >= 4 is 23.5 Å². The predicted octanol–water partition coefficient (Wildman–Crippen LogP) is 2.55. The van der Waals surface area contributed by atoms with Crippen LogP contribution in [0.3, 0.4) is 0 Å². The number of carboxylic acid groups (broad SMARTS) is 1. The zero-order chi connectivity index (χ0) is 14.2. The van der Waals surface area contributed by atoms with Crippen molar-refractivity contribution in [3.05, 3.63) is 33.8 Å². The van der Waals surface area contributed by atoms with Crippen LogP contribution < -0.4 is 5.32 Å². The normalized spacial score (nSPS) is 15.9. The van der Waals surface area contributed by atoms with E-state index in [2.05, 4.69) is 5.32 Å². The summed E-state index contributed by atoms with van der Waals surface area (Å²) in [7, 11) is 0. The lowest BCUT2D eigenvalue weighted by molar-refractivity contribution is -0.143. The zero-order valence-electron chi connectivity index (χ0n) is 10.9. The number of aliphatic carboxylic acids is 1. The van der Waals surface area contributed by atoms with Crippen molar-refractivity contribution in [2.45, 2.75) is 26.7 Å². The van der Waals surface area contributed by atoms with E-state index in [-0.39, 0.29) is 12.5 Å². The average molecular weight is 282 g/mol. The monoisotopic (exact) mass is 281 g/mol. The van der Waals surface area contributed by atoms with Crippen LogP contribution in [-0.2, 0) is 4.79 Å². The number of halogens is 1. The molecule has 0 radical (unpaired) electrons. The number of hydrogen-bond donors (Lipinski definition) is 2. The van der Waals surface area contributed by atoms with Crippen LogP contribution in [0.5, 0.6) is 0 Å². The minimum Gasteiger partial charge on any atom is -0.481 e. The van der Waals surface area contributed by atoms with Gasteiger partial charge in [0, 0.05) is 6.54 Å². The predicted molar refractivity (Wildman–Crippen MR) is 72.6 cm³/mol. The highest BCUT2D eigenvalue weighted by Crippen LogP contribution is 2.45. The van der Waals surface area contributed by atoms with Gasteiger partial charge in [0.25, 0.3) is 5.91 Å². The van der Waals surface area contributed by atoms with E-state index in [0.29, 0.717) is 23.4 Å². The molecule has 2 N–H and O–H groups in total. The van der Waals surface area contributed by atoms with Crippen LogP contribution >= 0.6 is 11.6 Å². The molecule has 0 unspecified atom stereocenters. The molecule has 2 rings (SSSR count). The Morgan fingerprint density at radius 2 is 1.89 bits per heavy atom. The van der Waals surface area contributed by atoms with Crippen molar-refractivity contribution in [1.29, 1.82) is 0 Å². The van der Waals surface area contributed by atoms with Crippen LogP contribution in [0.15, 0.2) is 12.1 Å². The molecule has 0 aromatic heterocycles. The molecule has 102 valence electrons. The number of benzene rings is 1. The highest BCUT2D eigenvalue weighted by molar-refractivity contribution is 6.34. The van der Waals surface area contributed by atoms with Crippen LogP contribution in [0.2, 0.25) is 5.02 Å². The molecule has 1 saturated carbocycles. The summed E-state index contributed by atoms with van der Waals surface area (Å²) in [5.74, 6) is -1.17. The minimum atomic E-state index is -0.848. The first-order chi connectivity index (χ1) is 8.85. The maximum atomic E-state index is 12.0. The summed E-state index contributed by atoms with van der Waals surface area (Å²) >= 11 is 6.05. The molecule has 0 atom stereocenters. The Morgan fingerprint density at radius 1 is 1.32 bits per heavy atom. The molecular formula is C14H16ClNO3. The fourth-order valence-electron chi connectivity index (χ4n) is 1.92. The highest BCUT2D eigenvalue weighted by Gasteiger charge is 2.50. The highest BCUT2D eigenvalue weighted by atomic mass is 35.5. The molecule has 0 heterocycles. The van der Waals surface area contributed by atoms with E-state index in [1.54, 1.807) is 12.1 Å². The van der Waals surface area contributed by atoms with Gasteiger partial charge in [-0.1, -0.05) is 11.6 Å². The molecule has 0 saturated heterocycles. The summed E-state index contributed by atoms with van der Waals surface area (Å²) in [5, 5.41) is 12.1. The number of carboxylic acids is 1. The number of rotatable bonds is 4. The third-order valence-corrected chi connectivity index (χ3v) is 4.04. The Labute approximate surface area is 116 Å². The zero-order valence-corrected chi connectivity index (χ0v) is 11.7. The number of amides is 1. The molecule has 1 aromatic carbocycles. The van der Waals surface area contributed by atoms with Gasteiger partial charge in [-0.2, -0.15) is 0 Å². The molecule has 1 aliphatic carbocycles. The van der Waals surface area contributed by atoms with Crippen LogP contribution in [0, 0.1) is 19.3 Å². The van der Waals surface area contributed by atoms with Gasteiger partial charge < -0.3 is 10.4 Å². The van der Waals surface area contributed by atoms with Gasteiger partial charge in [0.15, 0.2) is 0 Å². The van der Waals surface area contributed by atoms with Crippen molar-refractivity contribution in [3.63, 3.8) is 0 Å². The molecule has 0 aliphatic heterocycles. The molecule has 0 spiro atoms. The molecule has 0 bridgehead atoms. The largest absolute Gasteiger partial charge is 0.481 e. The van der Waals surface area contributed by atoms with E-state index in [0.717, 1.165) is 11.1 Å². The van der Waals surface area contributed by atoms with Crippen molar-refractivity contribution in [2.24, 2.45) is 5.41 Å². The van der Waals surface area contributed by atoms with Crippen LogP contribution in [-0.4, -0.2) is 23.5 Å². The Balaban J connectivity index is 2.09. The summed E-state index contributed by atoms with van der Waals surface area (Å²) in [6.07, 6.45) is 1.23. The van der Waals surface area contributed by atoms with Crippen molar-refractivity contribution in [3.8, 4) is 0 Å². The van der Waals surface area contributed by atoms with Crippen molar-refractivity contribution < 1.29 is 14.7 Å². The Kier molecular flexibility index (Phi) is 3.54. The second kappa shape index (κ2) is 4.85. The van der Waals surface area contributed by atoms with E-state index in [4.69, 9.17) is 16.7 Å². The average Bonchev–Trinajstić information content (AvgIpc) is 3.12. The number of nitrogens with one attached hydrogen (secondary N) is 1. The molecular weight excluding hydrogens is 266 g/mol. The van der Waals surface area contributed by atoms with Crippen LogP contribution in [0.1, 0.15) is 34.3 Å². The van der Waals surface area contributed by atoms with Gasteiger partial charge in [0.1, 0.15) is 0 Å². The maximum absolute atomic E-state index is 12.0. The van der Waals surface area contributed by atoms with E-state index < -0.39 is 11.4 Å². The van der Waals surface area contributed by atoms with Crippen molar-refractivity contribution in [1.82, 2.24) is 5.32 Å². The van der Waals surface area contributed by atoms with E-state index >= 15 is 0 Å². The second-order valence-electron chi connectivity index (χ2n) is 5.18. The standard InChI is InChI=1S/C14H16ClNO3/c1-8-5-10(11(15)6-9(8)2)12(17)16-7-14(3-4-14)13(18)19/h5-6H,3-4,7H2,1-2H3,(H,16,17)(H,18,19). The Hall–Kier alpha value is -1.55. The molecule has 5 heteroatoms. The summed E-state index contributed by atoms with van der Waals surface area (Å²) < 4.78 is 0. The van der Waals surface area contributed by atoms with E-state index in [1.165, 1.54) is 0 Å². The molecule has 1 fully saturated rings. The third kappa shape index (κ3) is 2.73. The molecule has 1 aromatic rings. The first-order valence-electron chi connectivity index (χ1n) is 6.14. The first-order valence-corrected chi connectivity index (χ1v) is 6.52. The van der Waals surface area contributed by atoms with Gasteiger partial charge in [-0.15, -0.1) is 0 Å². The Bertz CT molecular complexity index is 550. The lowest BCUT2D eigenvalue weighted by atomic mass is 10.0. The number of aryl methyl sites for hydroxylation is 2. The molecule has 19 heavy (non-hydrogen) atoms. The van der Waals surface area contributed by atoms with Gasteiger partial charge in [0.05, 0.1) is 16.0 Å². The number of carbonyl (C=O) groups is 2. The third-order valence-electron chi connectivity index (χ3n) is 3.72. The molecule has 4 nitrogen and oxygen atoms in total. The fourth-order valence-corrected chi connectivity index (χ4v) is 2.22. The minimum absolute atomic E-state index is 0.157. The lowest BCUT2D eigenvalue weighted by Gasteiger charge is -2.13. The summed E-state index contributed by atoms with van der Waals surface area (Å²) in [6, 6.07) is 3.48. The number of hydrogen-bond acceptors (Lipinski definition) is 2. The van der Waals surface area contributed by atoms with Gasteiger partial charge in [-0.05, 0) is 49.9 Å². The Morgan fingerprint density at radius 3 is 2.42 bits per heavy atom. The van der Waals surface area contributed by atoms with Crippen LogP contribution in [0.25, 0.3) is 0 Å². The number of carbonyl (C=O) groups excluding carboxylic acids is 1. The molecule has 1 aliphatic rings. The van der Waals surface area contributed by atoms with Crippen LogP contribution in [0.4, 0.5) is 0 Å². The maximum Gasteiger partial charge on any atom is 0.311 e. The first kappa shape index (κ1) is 13.9. The summed E-state index contributed by atoms with van der Waals surface area (Å²) in [5.41, 5.74) is 1.63. The summed E-state index contributed by atoms with van der Waals surface area (Å²) in [4.78, 5) is 23.1. The van der Waals surface area contributed by atoms with Gasteiger partial charge >= 0.3 is 5.97 Å². The van der Waals surface area contributed by atoms with E-state index in [9.17, 15) is 9.59 Å². The van der Waals surface area contributed by atoms with Gasteiger partial charge in [0.2, 0.25) is 0 Å². The fraction of sp³-hybridized carbons (Fsp3) is 0.429. The van der Waals surface area contributed by atoms with Gasteiger partial charge in [-0.3, -0.25) is 9.59 Å². The lowest BCUT2D eigenvalue weighted by Crippen LogP contribution is -2.34. The van der Waals surface area contributed by atoms with Crippen molar-refractivity contribution in [2.75, 3.05) is 6.54 Å². The topological polar surface area (TPSA) is 66.4 Å². The quantitative estimate of drug-likeness (QED) is 0.891. The smallest absolute Gasteiger partial charge is 0.311 e. The van der Waals surface area contributed by atoms with Gasteiger partial charge in [-0.25, -0.2) is 0 Å². The summed E-state index contributed by atoms with van der Waals surface area (Å²) in [6.45, 7) is 3.99. The second-order valence-corrected chi connectivity index (χ2v) is 5.59. The van der Waals surface area contributed by atoms with E-state index in [1.807, 2.05) is 13.8 Å².